The van der Waals surface area contributed by atoms with Crippen LogP contribution in [-0.2, 0) is 0 Å². The SMILES string of the molecule is Cc1cccc(C(N)c2cccc(Br)c2C)c1. The Morgan fingerprint density at radius 1 is 1.06 bits per heavy atom. The topological polar surface area (TPSA) is 26.0 Å². The molecule has 1 atom stereocenters. The molecule has 0 bridgehead atoms. The third kappa shape index (κ3) is 2.59. The standard InChI is InChI=1S/C15H16BrN/c1-10-5-3-6-12(9-10)15(17)13-7-4-8-14(16)11(13)2/h3-9,15H,17H2,1-2H3. The maximum Gasteiger partial charge on any atom is 0.0554 e. The molecule has 2 aromatic rings. The van der Waals surface area contributed by atoms with Gasteiger partial charge in [0.1, 0.15) is 0 Å². The van der Waals surface area contributed by atoms with Crippen LogP contribution in [0.3, 0.4) is 0 Å². The summed E-state index contributed by atoms with van der Waals surface area (Å²) in [6.45, 7) is 4.18. The summed E-state index contributed by atoms with van der Waals surface area (Å²) in [5.41, 5.74) is 11.1. The molecule has 88 valence electrons. The molecule has 0 aromatic heterocycles. The number of benzene rings is 2. The van der Waals surface area contributed by atoms with E-state index < -0.39 is 0 Å². The van der Waals surface area contributed by atoms with E-state index in [0.29, 0.717) is 0 Å². The lowest BCUT2D eigenvalue weighted by Crippen LogP contribution is -2.13. The minimum Gasteiger partial charge on any atom is -0.320 e. The summed E-state index contributed by atoms with van der Waals surface area (Å²) < 4.78 is 1.11. The summed E-state index contributed by atoms with van der Waals surface area (Å²) in [4.78, 5) is 0. The fourth-order valence-corrected chi connectivity index (χ4v) is 2.39. The molecule has 0 spiro atoms. The van der Waals surface area contributed by atoms with E-state index in [1.54, 1.807) is 0 Å². The first-order chi connectivity index (χ1) is 8.09. The van der Waals surface area contributed by atoms with Crippen LogP contribution in [0.4, 0.5) is 0 Å². The molecule has 2 aromatic carbocycles. The van der Waals surface area contributed by atoms with Gasteiger partial charge in [0.2, 0.25) is 0 Å². The Morgan fingerprint density at radius 2 is 1.76 bits per heavy atom. The van der Waals surface area contributed by atoms with Crippen LogP contribution in [0.2, 0.25) is 0 Å². The van der Waals surface area contributed by atoms with Crippen molar-refractivity contribution in [1.29, 1.82) is 0 Å². The minimum absolute atomic E-state index is 0.0626. The second kappa shape index (κ2) is 5.03. The molecule has 0 saturated heterocycles. The molecule has 2 rings (SSSR count). The first-order valence-electron chi connectivity index (χ1n) is 5.67. The summed E-state index contributed by atoms with van der Waals surface area (Å²) in [5, 5.41) is 0. The molecule has 0 fully saturated rings. The Morgan fingerprint density at radius 3 is 2.47 bits per heavy atom. The Balaban J connectivity index is 2.44. The van der Waals surface area contributed by atoms with Crippen LogP contribution in [0.25, 0.3) is 0 Å². The van der Waals surface area contributed by atoms with Gasteiger partial charge in [0.25, 0.3) is 0 Å². The lowest BCUT2D eigenvalue weighted by atomic mass is 9.95. The van der Waals surface area contributed by atoms with E-state index in [1.807, 2.05) is 12.1 Å². The van der Waals surface area contributed by atoms with Crippen molar-refractivity contribution in [3.63, 3.8) is 0 Å². The van der Waals surface area contributed by atoms with E-state index in [0.717, 1.165) is 10.0 Å². The smallest absolute Gasteiger partial charge is 0.0554 e. The first kappa shape index (κ1) is 12.3. The van der Waals surface area contributed by atoms with Crippen molar-refractivity contribution in [2.24, 2.45) is 5.73 Å². The molecule has 0 aliphatic heterocycles. The number of rotatable bonds is 2. The highest BCUT2D eigenvalue weighted by Gasteiger charge is 2.12. The number of hydrogen-bond donors (Lipinski definition) is 1. The average Bonchev–Trinajstić information content (AvgIpc) is 2.32. The van der Waals surface area contributed by atoms with Crippen molar-refractivity contribution >= 4 is 15.9 Å². The number of nitrogens with two attached hydrogens (primary N) is 1. The molecule has 1 unspecified atom stereocenters. The lowest BCUT2D eigenvalue weighted by Gasteiger charge is -2.16. The first-order valence-corrected chi connectivity index (χ1v) is 6.46. The van der Waals surface area contributed by atoms with Gasteiger partial charge in [-0.3, -0.25) is 0 Å². The van der Waals surface area contributed by atoms with Gasteiger partial charge in [-0.15, -0.1) is 0 Å². The lowest BCUT2D eigenvalue weighted by molar-refractivity contribution is 0.858. The summed E-state index contributed by atoms with van der Waals surface area (Å²) in [6, 6.07) is 14.5. The van der Waals surface area contributed by atoms with Gasteiger partial charge in [0.05, 0.1) is 6.04 Å². The fourth-order valence-electron chi connectivity index (χ4n) is 2.00. The van der Waals surface area contributed by atoms with Crippen LogP contribution in [0.1, 0.15) is 28.3 Å². The van der Waals surface area contributed by atoms with Crippen LogP contribution in [0.5, 0.6) is 0 Å². The van der Waals surface area contributed by atoms with E-state index in [9.17, 15) is 0 Å². The van der Waals surface area contributed by atoms with Gasteiger partial charge in [-0.2, -0.15) is 0 Å². The van der Waals surface area contributed by atoms with E-state index in [2.05, 4.69) is 60.1 Å². The van der Waals surface area contributed by atoms with E-state index in [-0.39, 0.29) is 6.04 Å². The van der Waals surface area contributed by atoms with Crippen LogP contribution in [-0.4, -0.2) is 0 Å². The molecule has 0 amide bonds. The quantitative estimate of drug-likeness (QED) is 0.884. The van der Waals surface area contributed by atoms with Crippen molar-refractivity contribution in [3.05, 3.63) is 69.2 Å². The van der Waals surface area contributed by atoms with Crippen molar-refractivity contribution in [2.45, 2.75) is 19.9 Å². The van der Waals surface area contributed by atoms with Gasteiger partial charge < -0.3 is 5.73 Å². The molecular formula is C15H16BrN. The average molecular weight is 290 g/mol. The molecule has 17 heavy (non-hydrogen) atoms. The number of hydrogen-bond acceptors (Lipinski definition) is 1. The molecule has 2 N–H and O–H groups in total. The summed E-state index contributed by atoms with van der Waals surface area (Å²) in [7, 11) is 0. The zero-order chi connectivity index (χ0) is 12.4. The predicted octanol–water partition coefficient (Wildman–Crippen LogP) is 4.11. The second-order valence-corrected chi connectivity index (χ2v) is 5.20. The summed E-state index contributed by atoms with van der Waals surface area (Å²) in [6.07, 6.45) is 0. The van der Waals surface area contributed by atoms with Gasteiger partial charge in [0, 0.05) is 4.47 Å². The van der Waals surface area contributed by atoms with Crippen molar-refractivity contribution < 1.29 is 0 Å². The molecule has 0 aliphatic rings. The second-order valence-electron chi connectivity index (χ2n) is 4.35. The van der Waals surface area contributed by atoms with Crippen molar-refractivity contribution in [2.75, 3.05) is 0 Å². The van der Waals surface area contributed by atoms with Crippen molar-refractivity contribution in [1.82, 2.24) is 0 Å². The van der Waals surface area contributed by atoms with Gasteiger partial charge in [-0.1, -0.05) is 57.9 Å². The third-order valence-electron chi connectivity index (χ3n) is 3.05. The molecular weight excluding hydrogens is 274 g/mol. The Bertz CT molecular complexity index is 534. The van der Waals surface area contributed by atoms with Gasteiger partial charge in [-0.05, 0) is 36.6 Å². The van der Waals surface area contributed by atoms with Gasteiger partial charge in [0.15, 0.2) is 0 Å². The number of halogens is 1. The van der Waals surface area contributed by atoms with Gasteiger partial charge >= 0.3 is 0 Å². The molecule has 0 aliphatic carbocycles. The normalized spacial score (nSPS) is 12.5. The summed E-state index contributed by atoms with van der Waals surface area (Å²) in [5.74, 6) is 0. The molecule has 2 heteroatoms. The van der Waals surface area contributed by atoms with Crippen molar-refractivity contribution in [3.8, 4) is 0 Å². The zero-order valence-electron chi connectivity index (χ0n) is 10.1. The van der Waals surface area contributed by atoms with E-state index >= 15 is 0 Å². The third-order valence-corrected chi connectivity index (χ3v) is 3.90. The largest absolute Gasteiger partial charge is 0.320 e. The Hall–Kier alpha value is -1.12. The monoisotopic (exact) mass is 289 g/mol. The molecule has 0 radical (unpaired) electrons. The minimum atomic E-state index is -0.0626. The summed E-state index contributed by atoms with van der Waals surface area (Å²) >= 11 is 3.55. The van der Waals surface area contributed by atoms with Gasteiger partial charge in [-0.25, -0.2) is 0 Å². The zero-order valence-corrected chi connectivity index (χ0v) is 11.7. The number of aryl methyl sites for hydroxylation is 1. The molecule has 1 nitrogen and oxygen atoms in total. The van der Waals surface area contributed by atoms with Crippen LogP contribution in [0, 0.1) is 13.8 Å². The maximum atomic E-state index is 6.33. The molecule has 0 saturated carbocycles. The Kier molecular flexibility index (Phi) is 3.65. The van der Waals surface area contributed by atoms with Crippen LogP contribution in [0.15, 0.2) is 46.9 Å². The molecule has 0 heterocycles. The van der Waals surface area contributed by atoms with Crippen LogP contribution >= 0.6 is 15.9 Å². The Labute approximate surface area is 111 Å². The highest BCUT2D eigenvalue weighted by molar-refractivity contribution is 9.10. The van der Waals surface area contributed by atoms with E-state index in [1.165, 1.54) is 16.7 Å². The van der Waals surface area contributed by atoms with Crippen LogP contribution < -0.4 is 5.73 Å². The maximum absolute atomic E-state index is 6.33. The highest BCUT2D eigenvalue weighted by atomic mass is 79.9. The van der Waals surface area contributed by atoms with E-state index in [4.69, 9.17) is 5.73 Å². The predicted molar refractivity (Wildman–Crippen MR) is 76.1 cm³/mol. The fraction of sp³-hybridized carbons (Fsp3) is 0.200. The highest BCUT2D eigenvalue weighted by Crippen LogP contribution is 2.27.